The van der Waals surface area contributed by atoms with Crippen molar-refractivity contribution in [3.8, 4) is 0 Å². The number of hydrogen-bond acceptors (Lipinski definition) is 3. The molecule has 1 aromatic rings. The van der Waals surface area contributed by atoms with Crippen molar-refractivity contribution in [2.75, 3.05) is 6.54 Å². The lowest BCUT2D eigenvalue weighted by Crippen LogP contribution is -2.35. The zero-order valence-electron chi connectivity index (χ0n) is 10.4. The van der Waals surface area contributed by atoms with E-state index in [0.29, 0.717) is 12.5 Å². The van der Waals surface area contributed by atoms with Crippen molar-refractivity contribution in [3.05, 3.63) is 18.0 Å². The molecule has 0 bridgehead atoms. The van der Waals surface area contributed by atoms with E-state index >= 15 is 0 Å². The highest BCUT2D eigenvalue weighted by Crippen LogP contribution is 2.06. The van der Waals surface area contributed by atoms with Crippen molar-refractivity contribution in [1.82, 2.24) is 20.4 Å². The van der Waals surface area contributed by atoms with Gasteiger partial charge < -0.3 is 10.6 Å². The van der Waals surface area contributed by atoms with Crippen LogP contribution in [0.15, 0.2) is 12.3 Å². The molecule has 0 aliphatic carbocycles. The van der Waals surface area contributed by atoms with Crippen LogP contribution in [0.1, 0.15) is 38.4 Å². The molecule has 5 nitrogen and oxygen atoms in total. The molecule has 17 heavy (non-hydrogen) atoms. The summed E-state index contributed by atoms with van der Waals surface area (Å²) in [6.07, 6.45) is 3.60. The average molecular weight is 236 g/mol. The van der Waals surface area contributed by atoms with Crippen molar-refractivity contribution >= 4 is 5.91 Å². The number of nitrogens with one attached hydrogen (secondary N) is 2. The number of carbonyl (C=O) groups excluding carboxylic acids is 1. The summed E-state index contributed by atoms with van der Waals surface area (Å²) < 4.78 is 1.95. The minimum atomic E-state index is 0.167. The topological polar surface area (TPSA) is 59.0 Å². The Balaban J connectivity index is 1.72. The maximum Gasteiger partial charge on any atom is 0.220 e. The molecule has 1 aliphatic rings. The van der Waals surface area contributed by atoms with Gasteiger partial charge in [-0.15, -0.1) is 0 Å². The van der Waals surface area contributed by atoms with Gasteiger partial charge in [0.2, 0.25) is 5.91 Å². The van der Waals surface area contributed by atoms with Crippen LogP contribution in [0.4, 0.5) is 0 Å². The SMILES string of the molecule is CC(C)n1ccc(CNCC2CCC(=O)N2)n1. The lowest BCUT2D eigenvalue weighted by Gasteiger charge is -2.10. The number of amides is 1. The summed E-state index contributed by atoms with van der Waals surface area (Å²) in [5.74, 6) is 0.167. The zero-order chi connectivity index (χ0) is 12.3. The molecule has 1 atom stereocenters. The summed E-state index contributed by atoms with van der Waals surface area (Å²) in [6, 6.07) is 2.72. The summed E-state index contributed by atoms with van der Waals surface area (Å²) in [4.78, 5) is 11.0. The molecule has 1 fully saturated rings. The fourth-order valence-corrected chi connectivity index (χ4v) is 1.96. The zero-order valence-corrected chi connectivity index (χ0v) is 10.4. The molecule has 1 aromatic heterocycles. The quantitative estimate of drug-likeness (QED) is 0.796. The largest absolute Gasteiger partial charge is 0.352 e. The lowest BCUT2D eigenvalue weighted by molar-refractivity contribution is -0.119. The summed E-state index contributed by atoms with van der Waals surface area (Å²) in [7, 11) is 0. The summed E-state index contributed by atoms with van der Waals surface area (Å²) in [5, 5.41) is 10.7. The first-order chi connectivity index (χ1) is 8.15. The third kappa shape index (κ3) is 3.30. The molecule has 0 radical (unpaired) electrons. The Morgan fingerprint density at radius 2 is 2.47 bits per heavy atom. The molecule has 0 saturated carbocycles. The molecule has 1 saturated heterocycles. The molecule has 0 spiro atoms. The van der Waals surface area contributed by atoms with Gasteiger partial charge in [0.25, 0.3) is 0 Å². The van der Waals surface area contributed by atoms with Crippen molar-refractivity contribution in [1.29, 1.82) is 0 Å². The van der Waals surface area contributed by atoms with Crippen LogP contribution in [0.25, 0.3) is 0 Å². The Labute approximate surface area is 102 Å². The molecule has 2 N–H and O–H groups in total. The van der Waals surface area contributed by atoms with E-state index in [4.69, 9.17) is 0 Å². The van der Waals surface area contributed by atoms with E-state index in [1.54, 1.807) is 0 Å². The molecule has 1 aliphatic heterocycles. The maximum absolute atomic E-state index is 11.0. The van der Waals surface area contributed by atoms with Gasteiger partial charge in [0, 0.05) is 37.8 Å². The second kappa shape index (κ2) is 5.31. The smallest absolute Gasteiger partial charge is 0.220 e. The van der Waals surface area contributed by atoms with Crippen molar-refractivity contribution < 1.29 is 4.79 Å². The molecule has 2 rings (SSSR count). The predicted octanol–water partition coefficient (Wildman–Crippen LogP) is 0.832. The number of carbonyl (C=O) groups is 1. The van der Waals surface area contributed by atoms with Gasteiger partial charge in [-0.3, -0.25) is 9.48 Å². The van der Waals surface area contributed by atoms with Gasteiger partial charge in [0.1, 0.15) is 0 Å². The predicted molar refractivity (Wildman–Crippen MR) is 65.5 cm³/mol. The van der Waals surface area contributed by atoms with E-state index in [0.717, 1.165) is 25.2 Å². The summed E-state index contributed by atoms with van der Waals surface area (Å²) in [5.41, 5.74) is 1.04. The van der Waals surface area contributed by atoms with Crippen LogP contribution < -0.4 is 10.6 Å². The van der Waals surface area contributed by atoms with Crippen LogP contribution in [0.2, 0.25) is 0 Å². The normalized spacial score (nSPS) is 19.9. The van der Waals surface area contributed by atoms with Crippen LogP contribution in [0, 0.1) is 0 Å². The molecule has 1 amide bonds. The Kier molecular flexibility index (Phi) is 3.78. The van der Waals surface area contributed by atoms with Gasteiger partial charge in [-0.25, -0.2) is 0 Å². The van der Waals surface area contributed by atoms with Crippen LogP contribution in [0.3, 0.4) is 0 Å². The van der Waals surface area contributed by atoms with Gasteiger partial charge in [-0.05, 0) is 26.3 Å². The lowest BCUT2D eigenvalue weighted by atomic mass is 10.2. The monoisotopic (exact) mass is 236 g/mol. The van der Waals surface area contributed by atoms with Crippen LogP contribution in [0.5, 0.6) is 0 Å². The van der Waals surface area contributed by atoms with Gasteiger partial charge in [0.15, 0.2) is 0 Å². The second-order valence-electron chi connectivity index (χ2n) is 4.81. The number of aromatic nitrogens is 2. The van der Waals surface area contributed by atoms with E-state index in [-0.39, 0.29) is 11.9 Å². The molecule has 5 heteroatoms. The van der Waals surface area contributed by atoms with Gasteiger partial charge in [-0.2, -0.15) is 5.10 Å². The van der Waals surface area contributed by atoms with Crippen LogP contribution in [-0.2, 0) is 11.3 Å². The number of nitrogens with zero attached hydrogens (tertiary/aromatic N) is 2. The van der Waals surface area contributed by atoms with E-state index < -0.39 is 0 Å². The molecule has 0 aromatic carbocycles. The molecule has 1 unspecified atom stereocenters. The van der Waals surface area contributed by atoms with Crippen molar-refractivity contribution in [2.24, 2.45) is 0 Å². The first-order valence-corrected chi connectivity index (χ1v) is 6.19. The minimum Gasteiger partial charge on any atom is -0.352 e. The van der Waals surface area contributed by atoms with Crippen molar-refractivity contribution in [3.63, 3.8) is 0 Å². The van der Waals surface area contributed by atoms with E-state index in [1.807, 2.05) is 16.9 Å². The fourth-order valence-electron chi connectivity index (χ4n) is 1.96. The minimum absolute atomic E-state index is 0.167. The Morgan fingerprint density at radius 3 is 3.06 bits per heavy atom. The van der Waals surface area contributed by atoms with Gasteiger partial charge in [-0.1, -0.05) is 0 Å². The van der Waals surface area contributed by atoms with Crippen molar-refractivity contribution in [2.45, 2.75) is 45.3 Å². The Morgan fingerprint density at radius 1 is 1.65 bits per heavy atom. The first-order valence-electron chi connectivity index (χ1n) is 6.19. The van der Waals surface area contributed by atoms with Gasteiger partial charge >= 0.3 is 0 Å². The average Bonchev–Trinajstić information content (AvgIpc) is 2.88. The summed E-state index contributed by atoms with van der Waals surface area (Å²) in [6.45, 7) is 5.79. The van der Waals surface area contributed by atoms with E-state index in [9.17, 15) is 4.79 Å². The number of hydrogen-bond donors (Lipinski definition) is 2. The first kappa shape index (κ1) is 12.1. The molecule has 94 valence electrons. The molecular weight excluding hydrogens is 216 g/mol. The van der Waals surface area contributed by atoms with Crippen LogP contribution in [-0.4, -0.2) is 28.3 Å². The maximum atomic E-state index is 11.0. The van der Waals surface area contributed by atoms with Crippen LogP contribution >= 0.6 is 0 Å². The standard InChI is InChI=1S/C12H20N4O/c1-9(2)16-6-5-11(15-16)8-13-7-10-3-4-12(17)14-10/h5-6,9-10,13H,3-4,7-8H2,1-2H3,(H,14,17). The van der Waals surface area contributed by atoms with E-state index in [2.05, 4.69) is 29.6 Å². The summed E-state index contributed by atoms with van der Waals surface area (Å²) >= 11 is 0. The van der Waals surface area contributed by atoms with Gasteiger partial charge in [0.05, 0.1) is 5.69 Å². The number of rotatable bonds is 5. The highest BCUT2D eigenvalue weighted by Gasteiger charge is 2.19. The fraction of sp³-hybridized carbons (Fsp3) is 0.667. The molecular formula is C12H20N4O. The highest BCUT2D eigenvalue weighted by molar-refractivity contribution is 5.78. The Bertz CT molecular complexity index is 386. The Hall–Kier alpha value is -1.36. The van der Waals surface area contributed by atoms with E-state index in [1.165, 1.54) is 0 Å². The third-order valence-corrected chi connectivity index (χ3v) is 2.97. The third-order valence-electron chi connectivity index (χ3n) is 2.97. The molecule has 2 heterocycles. The highest BCUT2D eigenvalue weighted by atomic mass is 16.1. The second-order valence-corrected chi connectivity index (χ2v) is 4.81.